The number of hydrogen-bond donors (Lipinski definition) is 1. The second-order valence-corrected chi connectivity index (χ2v) is 6.33. The highest BCUT2D eigenvalue weighted by Gasteiger charge is 2.28. The molecule has 112 valence electrons. The molecule has 1 amide bonds. The summed E-state index contributed by atoms with van der Waals surface area (Å²) in [7, 11) is 1.80. The molecule has 5 nitrogen and oxygen atoms in total. The Hall–Kier alpha value is -1.82. The molecule has 0 unspecified atom stereocenters. The van der Waals surface area contributed by atoms with Crippen molar-refractivity contribution >= 4 is 23.4 Å². The van der Waals surface area contributed by atoms with Gasteiger partial charge in [-0.25, -0.2) is 4.98 Å². The van der Waals surface area contributed by atoms with Crippen molar-refractivity contribution in [3.05, 3.63) is 36.2 Å². The second-order valence-electron chi connectivity index (χ2n) is 5.22. The SMILES string of the molecule is Cc1nc(S[C@H](C(=O)N(C)c2ccccc2)C(C)C)n[nH]1. The van der Waals surface area contributed by atoms with Gasteiger partial charge in [-0.15, -0.1) is 5.10 Å². The van der Waals surface area contributed by atoms with Crippen molar-refractivity contribution < 1.29 is 4.79 Å². The molecular formula is C15H20N4OS. The lowest BCUT2D eigenvalue weighted by Crippen LogP contribution is -2.37. The van der Waals surface area contributed by atoms with Gasteiger partial charge in [0.05, 0.1) is 5.25 Å². The van der Waals surface area contributed by atoms with Crippen molar-refractivity contribution in [2.24, 2.45) is 5.92 Å². The minimum absolute atomic E-state index is 0.0589. The highest BCUT2D eigenvalue weighted by atomic mass is 32.2. The Morgan fingerprint density at radius 1 is 1.29 bits per heavy atom. The zero-order valence-electron chi connectivity index (χ0n) is 12.7. The first-order valence-electron chi connectivity index (χ1n) is 6.87. The molecule has 1 aromatic carbocycles. The summed E-state index contributed by atoms with van der Waals surface area (Å²) in [4.78, 5) is 18.7. The van der Waals surface area contributed by atoms with Crippen molar-refractivity contribution in [1.82, 2.24) is 15.2 Å². The molecule has 1 atom stereocenters. The molecular weight excluding hydrogens is 284 g/mol. The van der Waals surface area contributed by atoms with Gasteiger partial charge in [0.15, 0.2) is 0 Å². The molecule has 0 aliphatic rings. The molecule has 0 bridgehead atoms. The largest absolute Gasteiger partial charge is 0.315 e. The lowest BCUT2D eigenvalue weighted by molar-refractivity contribution is -0.118. The van der Waals surface area contributed by atoms with Crippen LogP contribution in [-0.2, 0) is 4.79 Å². The first-order chi connectivity index (χ1) is 9.99. The molecule has 0 aliphatic heterocycles. The molecule has 0 spiro atoms. The maximum absolute atomic E-state index is 12.7. The number of hydrogen-bond acceptors (Lipinski definition) is 4. The predicted molar refractivity (Wildman–Crippen MR) is 85.5 cm³/mol. The first kappa shape index (κ1) is 15.6. The number of H-pyrrole nitrogens is 1. The normalized spacial score (nSPS) is 12.4. The lowest BCUT2D eigenvalue weighted by Gasteiger charge is -2.25. The minimum Gasteiger partial charge on any atom is -0.315 e. The second kappa shape index (κ2) is 6.76. The van der Waals surface area contributed by atoms with Gasteiger partial charge < -0.3 is 4.90 Å². The predicted octanol–water partition coefficient (Wildman–Crippen LogP) is 2.89. The molecule has 0 saturated heterocycles. The van der Waals surface area contributed by atoms with Gasteiger partial charge in [-0.1, -0.05) is 43.8 Å². The third-order valence-corrected chi connectivity index (χ3v) is 4.53. The summed E-state index contributed by atoms with van der Waals surface area (Å²) in [6.45, 7) is 5.92. The monoisotopic (exact) mass is 304 g/mol. The zero-order valence-corrected chi connectivity index (χ0v) is 13.5. The van der Waals surface area contributed by atoms with Crippen LogP contribution >= 0.6 is 11.8 Å². The van der Waals surface area contributed by atoms with E-state index in [1.165, 1.54) is 11.8 Å². The molecule has 0 aliphatic carbocycles. The van der Waals surface area contributed by atoms with Crippen LogP contribution in [0, 0.1) is 12.8 Å². The number of aromatic nitrogens is 3. The molecule has 2 rings (SSSR count). The van der Waals surface area contributed by atoms with Gasteiger partial charge in [0.1, 0.15) is 5.82 Å². The summed E-state index contributed by atoms with van der Waals surface area (Å²) >= 11 is 1.40. The highest BCUT2D eigenvalue weighted by Crippen LogP contribution is 2.28. The van der Waals surface area contributed by atoms with E-state index in [0.717, 1.165) is 11.5 Å². The van der Waals surface area contributed by atoms with Gasteiger partial charge in [0, 0.05) is 12.7 Å². The summed E-state index contributed by atoms with van der Waals surface area (Å²) < 4.78 is 0. The fourth-order valence-corrected chi connectivity index (χ4v) is 2.98. The first-order valence-corrected chi connectivity index (χ1v) is 7.75. The van der Waals surface area contributed by atoms with E-state index in [9.17, 15) is 4.79 Å². The maximum atomic E-state index is 12.7. The molecule has 1 aromatic heterocycles. The molecule has 1 heterocycles. The van der Waals surface area contributed by atoms with Gasteiger partial charge in [-0.05, 0) is 25.0 Å². The van der Waals surface area contributed by atoms with Crippen molar-refractivity contribution in [3.63, 3.8) is 0 Å². The third kappa shape index (κ3) is 3.85. The van der Waals surface area contributed by atoms with E-state index in [0.29, 0.717) is 5.16 Å². The van der Waals surface area contributed by atoms with Gasteiger partial charge in [0.25, 0.3) is 0 Å². The van der Waals surface area contributed by atoms with Crippen LogP contribution in [0.25, 0.3) is 0 Å². The number of aryl methyl sites for hydroxylation is 1. The van der Waals surface area contributed by atoms with Crippen molar-refractivity contribution in [2.45, 2.75) is 31.2 Å². The van der Waals surface area contributed by atoms with Crippen molar-refractivity contribution in [3.8, 4) is 0 Å². The van der Waals surface area contributed by atoms with Gasteiger partial charge in [-0.3, -0.25) is 9.89 Å². The minimum atomic E-state index is -0.217. The zero-order chi connectivity index (χ0) is 15.4. The number of aromatic amines is 1. The molecule has 21 heavy (non-hydrogen) atoms. The van der Waals surface area contributed by atoms with Gasteiger partial charge in [0.2, 0.25) is 11.1 Å². The van der Waals surface area contributed by atoms with E-state index in [1.807, 2.05) is 51.1 Å². The standard InChI is InChI=1S/C15H20N4OS/c1-10(2)13(21-15-16-11(3)17-18-15)14(20)19(4)12-8-6-5-7-9-12/h5-10,13H,1-4H3,(H,16,17,18)/t13-/m0/s1. The molecule has 6 heteroatoms. The van der Waals surface area contributed by atoms with Crippen LogP contribution in [0.1, 0.15) is 19.7 Å². The highest BCUT2D eigenvalue weighted by molar-refractivity contribution is 8.00. The molecule has 0 radical (unpaired) electrons. The Kier molecular flexibility index (Phi) is 5.01. The number of rotatable bonds is 5. The number of carbonyl (C=O) groups is 1. The molecule has 0 saturated carbocycles. The molecule has 0 fully saturated rings. The van der Waals surface area contributed by atoms with Crippen LogP contribution in [0.3, 0.4) is 0 Å². The van der Waals surface area contributed by atoms with Gasteiger partial charge >= 0.3 is 0 Å². The average molecular weight is 304 g/mol. The number of amides is 1. The van der Waals surface area contributed by atoms with Gasteiger partial charge in [-0.2, -0.15) is 0 Å². The summed E-state index contributed by atoms with van der Waals surface area (Å²) in [5.74, 6) is 1.000. The maximum Gasteiger partial charge on any atom is 0.240 e. The quantitative estimate of drug-likeness (QED) is 0.863. The fraction of sp³-hybridized carbons (Fsp3) is 0.400. The van der Waals surface area contributed by atoms with Crippen LogP contribution in [-0.4, -0.2) is 33.4 Å². The number of carbonyl (C=O) groups excluding carboxylic acids is 1. The van der Waals surface area contributed by atoms with Crippen molar-refractivity contribution in [1.29, 1.82) is 0 Å². The van der Waals surface area contributed by atoms with Crippen LogP contribution in [0.4, 0.5) is 5.69 Å². The average Bonchev–Trinajstić information content (AvgIpc) is 2.89. The molecule has 2 aromatic rings. The lowest BCUT2D eigenvalue weighted by atomic mass is 10.1. The Morgan fingerprint density at radius 2 is 1.95 bits per heavy atom. The van der Waals surface area contributed by atoms with Crippen molar-refractivity contribution in [2.75, 3.05) is 11.9 Å². The van der Waals surface area contributed by atoms with Crippen LogP contribution in [0.15, 0.2) is 35.5 Å². The number of benzene rings is 1. The fourth-order valence-electron chi connectivity index (χ4n) is 1.93. The Morgan fingerprint density at radius 3 is 2.48 bits per heavy atom. The summed E-state index contributed by atoms with van der Waals surface area (Å²) in [6.07, 6.45) is 0. The topological polar surface area (TPSA) is 61.9 Å². The third-order valence-electron chi connectivity index (χ3n) is 3.13. The summed E-state index contributed by atoms with van der Waals surface area (Å²) in [5, 5.41) is 7.31. The van der Waals surface area contributed by atoms with E-state index in [2.05, 4.69) is 15.2 Å². The number of para-hydroxylation sites is 1. The van der Waals surface area contributed by atoms with E-state index >= 15 is 0 Å². The number of thioether (sulfide) groups is 1. The van der Waals surface area contributed by atoms with E-state index < -0.39 is 0 Å². The Balaban J connectivity index is 2.16. The Labute approximate surface area is 129 Å². The van der Waals surface area contributed by atoms with Crippen LogP contribution in [0.2, 0.25) is 0 Å². The summed E-state index contributed by atoms with van der Waals surface area (Å²) in [5.41, 5.74) is 0.889. The Bertz CT molecular complexity index is 597. The number of nitrogens with zero attached hydrogens (tertiary/aromatic N) is 3. The summed E-state index contributed by atoms with van der Waals surface area (Å²) in [6, 6.07) is 9.64. The van der Waals surface area contributed by atoms with E-state index in [4.69, 9.17) is 0 Å². The number of nitrogens with one attached hydrogen (secondary N) is 1. The van der Waals surface area contributed by atoms with E-state index in [-0.39, 0.29) is 17.1 Å². The number of anilines is 1. The molecule has 1 N–H and O–H groups in total. The van der Waals surface area contributed by atoms with Crippen LogP contribution in [0.5, 0.6) is 0 Å². The smallest absolute Gasteiger partial charge is 0.240 e. The van der Waals surface area contributed by atoms with E-state index in [1.54, 1.807) is 11.9 Å². The van der Waals surface area contributed by atoms with Crippen LogP contribution < -0.4 is 4.90 Å².